The first-order valence-electron chi connectivity index (χ1n) is 6.70. The zero-order valence-electron chi connectivity index (χ0n) is 11.0. The molecule has 0 saturated carbocycles. The van der Waals surface area contributed by atoms with Gasteiger partial charge in [-0.2, -0.15) is 0 Å². The Bertz CT molecular complexity index is 293. The van der Waals surface area contributed by atoms with Gasteiger partial charge in [0, 0.05) is 13.1 Å². The molecule has 0 N–H and O–H groups in total. The number of hydrogen-bond donors (Lipinski definition) is 0. The number of likely N-dealkylation sites (tertiary alicyclic amines) is 1. The molecule has 1 fully saturated rings. The number of allylic oxidation sites excluding steroid dienone is 3. The predicted molar refractivity (Wildman–Crippen MR) is 70.2 cm³/mol. The average Bonchev–Trinajstić information content (AvgIpc) is 2.53. The van der Waals surface area contributed by atoms with Gasteiger partial charge in [0.1, 0.15) is 0 Å². The molecule has 0 bridgehead atoms. The summed E-state index contributed by atoms with van der Waals surface area (Å²) in [5.74, 6) is 0.703. The molecule has 1 nitrogen and oxygen atoms in total. The second kappa shape index (κ2) is 4.65. The van der Waals surface area contributed by atoms with Gasteiger partial charge in [-0.25, -0.2) is 0 Å². The van der Waals surface area contributed by atoms with Crippen LogP contribution in [0.15, 0.2) is 23.9 Å². The molecule has 1 heteroatoms. The Kier molecular flexibility index (Phi) is 3.41. The zero-order valence-corrected chi connectivity index (χ0v) is 11.0. The second-order valence-electron chi connectivity index (χ2n) is 5.89. The van der Waals surface area contributed by atoms with E-state index in [9.17, 15) is 0 Å². The van der Waals surface area contributed by atoms with Crippen molar-refractivity contribution in [1.29, 1.82) is 0 Å². The van der Waals surface area contributed by atoms with Gasteiger partial charge in [-0.15, -0.1) is 0 Å². The fourth-order valence-electron chi connectivity index (χ4n) is 2.77. The van der Waals surface area contributed by atoms with E-state index in [1.807, 2.05) is 0 Å². The smallest absolute Gasteiger partial charge is 0.0172 e. The van der Waals surface area contributed by atoms with Crippen molar-refractivity contribution in [2.24, 2.45) is 11.3 Å². The molecule has 0 radical (unpaired) electrons. The molecule has 1 aliphatic heterocycles. The molecule has 1 aliphatic carbocycles. The van der Waals surface area contributed by atoms with Crippen LogP contribution in [0, 0.1) is 11.3 Å². The van der Waals surface area contributed by atoms with Crippen LogP contribution in [0.25, 0.3) is 0 Å². The lowest BCUT2D eigenvalue weighted by atomic mass is 9.78. The lowest BCUT2D eigenvalue weighted by Gasteiger charge is -2.29. The van der Waals surface area contributed by atoms with Gasteiger partial charge in [-0.1, -0.05) is 31.6 Å². The highest BCUT2D eigenvalue weighted by Gasteiger charge is 2.33. The van der Waals surface area contributed by atoms with E-state index >= 15 is 0 Å². The fraction of sp³-hybridized carbons (Fsp3) is 0.733. The van der Waals surface area contributed by atoms with E-state index in [0.717, 1.165) is 0 Å². The van der Waals surface area contributed by atoms with Gasteiger partial charge in [-0.3, -0.25) is 0 Å². The number of piperidine rings is 1. The summed E-state index contributed by atoms with van der Waals surface area (Å²) in [7, 11) is 0. The van der Waals surface area contributed by atoms with Gasteiger partial charge in [0.25, 0.3) is 0 Å². The van der Waals surface area contributed by atoms with Crippen LogP contribution in [0.4, 0.5) is 0 Å². The van der Waals surface area contributed by atoms with Crippen molar-refractivity contribution < 1.29 is 0 Å². The van der Waals surface area contributed by atoms with Crippen LogP contribution in [0.1, 0.15) is 46.5 Å². The third-order valence-corrected chi connectivity index (χ3v) is 4.54. The molecule has 90 valence electrons. The minimum atomic E-state index is 0.367. The van der Waals surface area contributed by atoms with Crippen LogP contribution in [-0.2, 0) is 0 Å². The van der Waals surface area contributed by atoms with Crippen molar-refractivity contribution in [3.63, 3.8) is 0 Å². The average molecular weight is 219 g/mol. The summed E-state index contributed by atoms with van der Waals surface area (Å²) in [4.78, 5) is 2.49. The molecule has 1 heterocycles. The topological polar surface area (TPSA) is 3.24 Å². The molecule has 0 aromatic rings. The number of rotatable bonds is 2. The maximum absolute atomic E-state index is 2.49. The van der Waals surface area contributed by atoms with E-state index < -0.39 is 0 Å². The molecular formula is C15H25N. The highest BCUT2D eigenvalue weighted by atomic mass is 15.1. The van der Waals surface area contributed by atoms with E-state index in [0.29, 0.717) is 11.3 Å². The summed E-state index contributed by atoms with van der Waals surface area (Å²) in [5, 5.41) is 0. The largest absolute Gasteiger partial charge is 0.378 e. The van der Waals surface area contributed by atoms with Gasteiger partial charge >= 0.3 is 0 Å². The molecule has 16 heavy (non-hydrogen) atoms. The first-order valence-corrected chi connectivity index (χ1v) is 6.70. The van der Waals surface area contributed by atoms with Crippen LogP contribution in [0.3, 0.4) is 0 Å². The molecule has 2 aliphatic rings. The first kappa shape index (κ1) is 11.8. The SMILES string of the molecule is CC1=CC[C@H](/C=C/N2CCCCC2)C1(C)C. The summed E-state index contributed by atoms with van der Waals surface area (Å²) >= 11 is 0. The van der Waals surface area contributed by atoms with Crippen molar-refractivity contribution in [3.8, 4) is 0 Å². The van der Waals surface area contributed by atoms with Crippen molar-refractivity contribution in [3.05, 3.63) is 23.9 Å². The Balaban J connectivity index is 1.92. The normalized spacial score (nSPS) is 29.8. The molecule has 0 amide bonds. The van der Waals surface area contributed by atoms with Crippen LogP contribution in [-0.4, -0.2) is 18.0 Å². The van der Waals surface area contributed by atoms with Gasteiger partial charge < -0.3 is 4.90 Å². The quantitative estimate of drug-likeness (QED) is 0.635. The van der Waals surface area contributed by atoms with Gasteiger partial charge in [0.15, 0.2) is 0 Å². The van der Waals surface area contributed by atoms with Crippen LogP contribution < -0.4 is 0 Å². The third-order valence-electron chi connectivity index (χ3n) is 4.54. The molecule has 1 saturated heterocycles. The van der Waals surface area contributed by atoms with Gasteiger partial charge in [0.05, 0.1) is 0 Å². The standard InChI is InChI=1S/C15H25N/c1-13-7-8-14(15(13,2)3)9-12-16-10-5-4-6-11-16/h7,9,12,14H,4-6,8,10-11H2,1-3H3/b12-9+/t14-/m1/s1. The Morgan fingerprint density at radius 3 is 2.50 bits per heavy atom. The van der Waals surface area contributed by atoms with Crippen molar-refractivity contribution in [2.45, 2.75) is 46.5 Å². The maximum Gasteiger partial charge on any atom is 0.0172 e. The molecule has 0 aromatic carbocycles. The van der Waals surface area contributed by atoms with Crippen molar-refractivity contribution >= 4 is 0 Å². The maximum atomic E-state index is 2.49. The Hall–Kier alpha value is -0.720. The van der Waals surface area contributed by atoms with Crippen molar-refractivity contribution in [1.82, 2.24) is 4.90 Å². The lowest BCUT2D eigenvalue weighted by Crippen LogP contribution is -2.25. The third kappa shape index (κ3) is 2.34. The zero-order chi connectivity index (χ0) is 11.6. The molecule has 0 aromatic heterocycles. The predicted octanol–water partition coefficient (Wildman–Crippen LogP) is 3.98. The Labute approximate surface area is 100 Å². The minimum Gasteiger partial charge on any atom is -0.378 e. The monoisotopic (exact) mass is 219 g/mol. The molecule has 2 rings (SSSR count). The minimum absolute atomic E-state index is 0.367. The van der Waals surface area contributed by atoms with Gasteiger partial charge in [0.2, 0.25) is 0 Å². The van der Waals surface area contributed by atoms with E-state index in [1.54, 1.807) is 5.57 Å². The summed E-state index contributed by atoms with van der Waals surface area (Å²) in [6.45, 7) is 9.54. The summed E-state index contributed by atoms with van der Waals surface area (Å²) in [5.41, 5.74) is 1.92. The van der Waals surface area contributed by atoms with E-state index in [-0.39, 0.29) is 0 Å². The van der Waals surface area contributed by atoms with Crippen LogP contribution in [0.2, 0.25) is 0 Å². The molecule has 1 atom stereocenters. The second-order valence-corrected chi connectivity index (χ2v) is 5.89. The summed E-state index contributed by atoms with van der Waals surface area (Å²) < 4.78 is 0. The van der Waals surface area contributed by atoms with Gasteiger partial charge in [-0.05, 0) is 50.1 Å². The van der Waals surface area contributed by atoms with E-state index in [2.05, 4.69) is 44.0 Å². The fourth-order valence-corrected chi connectivity index (χ4v) is 2.77. The summed E-state index contributed by atoms with van der Waals surface area (Å²) in [6.07, 6.45) is 12.6. The molecular weight excluding hydrogens is 194 g/mol. The first-order chi connectivity index (χ1) is 7.60. The number of nitrogens with zero attached hydrogens (tertiary/aromatic N) is 1. The Morgan fingerprint density at radius 2 is 1.94 bits per heavy atom. The van der Waals surface area contributed by atoms with Crippen molar-refractivity contribution in [2.75, 3.05) is 13.1 Å². The van der Waals surface area contributed by atoms with Crippen LogP contribution in [0.5, 0.6) is 0 Å². The van der Waals surface area contributed by atoms with E-state index in [4.69, 9.17) is 0 Å². The number of hydrogen-bond acceptors (Lipinski definition) is 1. The van der Waals surface area contributed by atoms with Crippen LogP contribution >= 0.6 is 0 Å². The highest BCUT2D eigenvalue weighted by molar-refractivity contribution is 5.21. The Morgan fingerprint density at radius 1 is 1.25 bits per heavy atom. The van der Waals surface area contributed by atoms with E-state index in [1.165, 1.54) is 38.8 Å². The molecule has 0 spiro atoms. The summed E-state index contributed by atoms with van der Waals surface area (Å²) in [6, 6.07) is 0. The lowest BCUT2D eigenvalue weighted by molar-refractivity contribution is 0.299. The molecule has 0 unspecified atom stereocenters. The highest BCUT2D eigenvalue weighted by Crippen LogP contribution is 2.43.